The number of nitrogens with two attached hydrogens (primary N) is 1. The molecule has 1 atom stereocenters. The summed E-state index contributed by atoms with van der Waals surface area (Å²) in [6, 6.07) is 14.2. The second-order valence-corrected chi connectivity index (χ2v) is 7.34. The standard InChI is InChI=1S/C22H27N5O/c23-21-13-18(8-9-24-21)20-14-25-26-22(20)19-7-4-10-27(15-19)11-12-28-16-17-5-2-1-3-6-17/h1-3,5-6,8-9,13-14,19H,4,7,10-12,15-16H2,(H2,23,24)(H,25,26)/t19-/m1/s1. The maximum absolute atomic E-state index is 5.87. The Morgan fingerprint density at radius 3 is 2.96 bits per heavy atom. The van der Waals surface area contributed by atoms with Gasteiger partial charge < -0.3 is 15.4 Å². The predicted octanol–water partition coefficient (Wildman–Crippen LogP) is 3.45. The van der Waals surface area contributed by atoms with Gasteiger partial charge >= 0.3 is 0 Å². The van der Waals surface area contributed by atoms with Crippen molar-refractivity contribution in [3.05, 3.63) is 66.1 Å². The van der Waals surface area contributed by atoms with E-state index < -0.39 is 0 Å². The number of rotatable bonds is 7. The van der Waals surface area contributed by atoms with Crippen LogP contribution in [0.3, 0.4) is 0 Å². The number of likely N-dealkylation sites (tertiary alicyclic amines) is 1. The number of nitrogen functional groups attached to an aromatic ring is 1. The van der Waals surface area contributed by atoms with Gasteiger partial charge in [-0.2, -0.15) is 5.10 Å². The van der Waals surface area contributed by atoms with Gasteiger partial charge in [0.05, 0.1) is 19.4 Å². The smallest absolute Gasteiger partial charge is 0.123 e. The van der Waals surface area contributed by atoms with Crippen molar-refractivity contribution < 1.29 is 4.74 Å². The van der Waals surface area contributed by atoms with Crippen molar-refractivity contribution >= 4 is 5.82 Å². The van der Waals surface area contributed by atoms with Crippen LogP contribution in [0.25, 0.3) is 11.1 Å². The fourth-order valence-corrected chi connectivity index (χ4v) is 3.91. The molecule has 1 saturated heterocycles. The molecule has 1 aromatic carbocycles. The molecule has 3 heterocycles. The lowest BCUT2D eigenvalue weighted by Gasteiger charge is -2.32. The zero-order valence-corrected chi connectivity index (χ0v) is 16.1. The maximum Gasteiger partial charge on any atom is 0.123 e. The van der Waals surface area contributed by atoms with Gasteiger partial charge in [-0.25, -0.2) is 4.98 Å². The molecule has 0 bridgehead atoms. The molecule has 1 fully saturated rings. The van der Waals surface area contributed by atoms with Crippen molar-refractivity contribution in [3.8, 4) is 11.1 Å². The van der Waals surface area contributed by atoms with Crippen molar-refractivity contribution in [2.75, 3.05) is 32.0 Å². The van der Waals surface area contributed by atoms with Crippen molar-refractivity contribution in [2.45, 2.75) is 25.4 Å². The van der Waals surface area contributed by atoms with Crippen LogP contribution in [0.1, 0.15) is 30.0 Å². The molecule has 0 saturated carbocycles. The number of nitrogens with zero attached hydrogens (tertiary/aromatic N) is 3. The maximum atomic E-state index is 5.87. The number of anilines is 1. The molecule has 0 spiro atoms. The molecule has 0 unspecified atom stereocenters. The first-order chi connectivity index (χ1) is 13.8. The topological polar surface area (TPSA) is 80.1 Å². The highest BCUT2D eigenvalue weighted by Crippen LogP contribution is 2.33. The Kier molecular flexibility index (Phi) is 5.99. The lowest BCUT2D eigenvalue weighted by atomic mass is 9.91. The Labute approximate surface area is 165 Å². The van der Waals surface area contributed by atoms with Gasteiger partial charge in [0.15, 0.2) is 0 Å². The number of nitrogens with one attached hydrogen (secondary N) is 1. The summed E-state index contributed by atoms with van der Waals surface area (Å²) in [4.78, 5) is 6.58. The molecule has 3 N–H and O–H groups in total. The number of piperidine rings is 1. The highest BCUT2D eigenvalue weighted by atomic mass is 16.5. The van der Waals surface area contributed by atoms with Crippen LogP contribution < -0.4 is 5.73 Å². The predicted molar refractivity (Wildman–Crippen MR) is 111 cm³/mol. The van der Waals surface area contributed by atoms with E-state index in [1.807, 2.05) is 36.5 Å². The molecule has 4 rings (SSSR count). The molecule has 0 amide bonds. The Bertz CT molecular complexity index is 879. The number of benzene rings is 1. The molecular weight excluding hydrogens is 350 g/mol. The Morgan fingerprint density at radius 1 is 1.21 bits per heavy atom. The van der Waals surface area contributed by atoms with Gasteiger partial charge in [0.2, 0.25) is 0 Å². The van der Waals surface area contributed by atoms with E-state index in [1.165, 1.54) is 17.7 Å². The number of hydrogen-bond acceptors (Lipinski definition) is 5. The highest BCUT2D eigenvalue weighted by Gasteiger charge is 2.25. The van der Waals surface area contributed by atoms with Crippen LogP contribution in [0.15, 0.2) is 54.9 Å². The molecule has 0 radical (unpaired) electrons. The first-order valence-corrected chi connectivity index (χ1v) is 9.89. The fraction of sp³-hybridized carbons (Fsp3) is 0.364. The lowest BCUT2D eigenvalue weighted by molar-refractivity contribution is 0.0827. The summed E-state index contributed by atoms with van der Waals surface area (Å²) in [6.45, 7) is 4.51. The van der Waals surface area contributed by atoms with Crippen molar-refractivity contribution in [3.63, 3.8) is 0 Å². The third-order valence-corrected chi connectivity index (χ3v) is 5.34. The van der Waals surface area contributed by atoms with Gasteiger partial charge in [0, 0.05) is 36.5 Å². The summed E-state index contributed by atoms with van der Waals surface area (Å²) in [5.74, 6) is 0.972. The summed E-state index contributed by atoms with van der Waals surface area (Å²) >= 11 is 0. The van der Waals surface area contributed by atoms with Crippen LogP contribution >= 0.6 is 0 Å². The number of aromatic amines is 1. The number of aromatic nitrogens is 3. The Hall–Kier alpha value is -2.70. The first kappa shape index (κ1) is 18.7. The van der Waals surface area contributed by atoms with E-state index in [0.29, 0.717) is 18.3 Å². The normalized spacial score (nSPS) is 17.6. The Morgan fingerprint density at radius 2 is 2.11 bits per heavy atom. The number of pyridine rings is 1. The molecule has 1 aliphatic heterocycles. The van der Waals surface area contributed by atoms with Gasteiger partial charge in [-0.3, -0.25) is 5.10 Å². The van der Waals surface area contributed by atoms with Crippen molar-refractivity contribution in [2.24, 2.45) is 0 Å². The van der Waals surface area contributed by atoms with E-state index in [9.17, 15) is 0 Å². The monoisotopic (exact) mass is 377 g/mol. The van der Waals surface area contributed by atoms with E-state index in [0.717, 1.165) is 43.8 Å². The van der Waals surface area contributed by atoms with E-state index >= 15 is 0 Å². The zero-order chi connectivity index (χ0) is 19.2. The Balaban J connectivity index is 1.34. The largest absolute Gasteiger partial charge is 0.384 e. The van der Waals surface area contributed by atoms with E-state index in [-0.39, 0.29) is 0 Å². The summed E-state index contributed by atoms with van der Waals surface area (Å²) < 4.78 is 5.87. The molecule has 2 aromatic heterocycles. The van der Waals surface area contributed by atoms with Gasteiger partial charge in [0.25, 0.3) is 0 Å². The van der Waals surface area contributed by atoms with Gasteiger partial charge in [-0.05, 0) is 42.6 Å². The average Bonchev–Trinajstić information content (AvgIpc) is 3.22. The second kappa shape index (κ2) is 8.99. The molecule has 146 valence electrons. The lowest BCUT2D eigenvalue weighted by Crippen LogP contribution is -2.36. The van der Waals surface area contributed by atoms with Crippen LogP contribution in [-0.4, -0.2) is 46.3 Å². The van der Waals surface area contributed by atoms with Crippen LogP contribution in [0.5, 0.6) is 0 Å². The minimum absolute atomic E-state index is 0.440. The average molecular weight is 377 g/mol. The summed E-state index contributed by atoms with van der Waals surface area (Å²) in [5.41, 5.74) is 10.5. The third kappa shape index (κ3) is 4.58. The summed E-state index contributed by atoms with van der Waals surface area (Å²) in [7, 11) is 0. The van der Waals surface area contributed by atoms with Crippen LogP contribution in [0, 0.1) is 0 Å². The fourth-order valence-electron chi connectivity index (χ4n) is 3.91. The quantitative estimate of drug-likeness (QED) is 0.617. The van der Waals surface area contributed by atoms with Gasteiger partial charge in [0.1, 0.15) is 5.82 Å². The molecular formula is C22H27N5O. The number of H-pyrrole nitrogens is 1. The molecule has 3 aromatic rings. The van der Waals surface area contributed by atoms with Crippen LogP contribution in [0.2, 0.25) is 0 Å². The minimum Gasteiger partial charge on any atom is -0.384 e. The third-order valence-electron chi connectivity index (χ3n) is 5.34. The molecule has 0 aliphatic carbocycles. The van der Waals surface area contributed by atoms with Crippen molar-refractivity contribution in [1.29, 1.82) is 0 Å². The van der Waals surface area contributed by atoms with Crippen LogP contribution in [-0.2, 0) is 11.3 Å². The van der Waals surface area contributed by atoms with Crippen molar-refractivity contribution in [1.82, 2.24) is 20.1 Å². The molecule has 28 heavy (non-hydrogen) atoms. The zero-order valence-electron chi connectivity index (χ0n) is 16.1. The number of ether oxygens (including phenoxy) is 1. The SMILES string of the molecule is Nc1cc(-c2cn[nH]c2[C@@H]2CCCN(CCOCc3ccccc3)C2)ccn1. The van der Waals surface area contributed by atoms with Gasteiger partial charge in [-0.15, -0.1) is 0 Å². The summed E-state index contributed by atoms with van der Waals surface area (Å²) in [6.07, 6.45) is 5.99. The van der Waals surface area contributed by atoms with E-state index in [1.54, 1.807) is 6.20 Å². The summed E-state index contributed by atoms with van der Waals surface area (Å²) in [5, 5.41) is 7.54. The van der Waals surface area contributed by atoms with Gasteiger partial charge in [-0.1, -0.05) is 30.3 Å². The highest BCUT2D eigenvalue weighted by molar-refractivity contribution is 5.67. The molecule has 6 heteroatoms. The van der Waals surface area contributed by atoms with E-state index in [2.05, 4.69) is 32.2 Å². The second-order valence-electron chi connectivity index (χ2n) is 7.34. The minimum atomic E-state index is 0.440. The molecule has 6 nitrogen and oxygen atoms in total. The van der Waals surface area contributed by atoms with E-state index in [4.69, 9.17) is 10.5 Å². The first-order valence-electron chi connectivity index (χ1n) is 9.89. The molecule has 1 aliphatic rings. The number of hydrogen-bond donors (Lipinski definition) is 2. The van der Waals surface area contributed by atoms with Crippen LogP contribution in [0.4, 0.5) is 5.82 Å².